The Morgan fingerprint density at radius 2 is 2.22 bits per heavy atom. The summed E-state index contributed by atoms with van der Waals surface area (Å²) in [5, 5.41) is 2.85. The lowest BCUT2D eigenvalue weighted by Gasteiger charge is -2.45. The van der Waals surface area contributed by atoms with Gasteiger partial charge in [-0.1, -0.05) is 22.0 Å². The van der Waals surface area contributed by atoms with Crippen LogP contribution in [-0.4, -0.2) is 78.6 Å². The number of hydrogen-bond donors (Lipinski definition) is 0. The average Bonchev–Trinajstić information content (AvgIpc) is 3.27. The van der Waals surface area contributed by atoms with Gasteiger partial charge in [0.1, 0.15) is 5.82 Å². The lowest BCUT2D eigenvalue weighted by molar-refractivity contribution is -0.138. The van der Waals surface area contributed by atoms with Crippen molar-refractivity contribution in [3.8, 4) is 0 Å². The number of aromatic nitrogens is 1. The number of halogens is 2. The van der Waals surface area contributed by atoms with Crippen LogP contribution in [0.4, 0.5) is 4.39 Å². The lowest BCUT2D eigenvalue weighted by Crippen LogP contribution is -2.57. The second-order valence-electron chi connectivity index (χ2n) is 7.38. The molecule has 3 aliphatic heterocycles. The Labute approximate surface area is 198 Å². The smallest absolute Gasteiger partial charge is 0.337 e. The van der Waals surface area contributed by atoms with Crippen LogP contribution in [0, 0.1) is 5.82 Å². The number of rotatable bonds is 4. The van der Waals surface area contributed by atoms with Gasteiger partial charge < -0.3 is 14.4 Å². The van der Waals surface area contributed by atoms with Crippen molar-refractivity contribution in [2.75, 3.05) is 46.0 Å². The standard InChI is InChI=1S/C16H20N4O3S.C6H4BrF/c1-2-23-16(21)12-7-18-14(15-17-3-6-24-15)20-5-4-19(8-13(12)20)11-9-22-10-11;7-5-2-1-3-6(8)4-5/h3,6,11H,2,4-5,7-10H2,1H3;1-4H. The lowest BCUT2D eigenvalue weighted by atomic mass is 10.1. The van der Waals surface area contributed by atoms with Crippen molar-refractivity contribution in [2.45, 2.75) is 13.0 Å². The monoisotopic (exact) mass is 522 g/mol. The van der Waals surface area contributed by atoms with Crippen LogP contribution in [0.2, 0.25) is 0 Å². The summed E-state index contributed by atoms with van der Waals surface area (Å²) in [7, 11) is 0. The van der Waals surface area contributed by atoms with Gasteiger partial charge in [-0.05, 0) is 25.1 Å². The molecule has 0 aliphatic carbocycles. The van der Waals surface area contributed by atoms with Crippen LogP contribution in [0.25, 0.3) is 0 Å². The van der Waals surface area contributed by atoms with Gasteiger partial charge >= 0.3 is 5.97 Å². The van der Waals surface area contributed by atoms with Crippen LogP contribution in [0.15, 0.2) is 56.6 Å². The maximum absolute atomic E-state index is 12.4. The summed E-state index contributed by atoms with van der Waals surface area (Å²) >= 11 is 4.69. The van der Waals surface area contributed by atoms with E-state index in [9.17, 15) is 9.18 Å². The summed E-state index contributed by atoms with van der Waals surface area (Å²) in [4.78, 5) is 25.9. The Bertz CT molecular complexity index is 993. The van der Waals surface area contributed by atoms with Gasteiger partial charge in [0, 0.05) is 41.4 Å². The Morgan fingerprint density at radius 1 is 1.38 bits per heavy atom. The number of nitrogens with zero attached hydrogens (tertiary/aromatic N) is 4. The van der Waals surface area contributed by atoms with Crippen molar-refractivity contribution >= 4 is 39.1 Å². The molecule has 5 rings (SSSR count). The molecule has 32 heavy (non-hydrogen) atoms. The molecule has 2 aromatic rings. The zero-order valence-corrected chi connectivity index (χ0v) is 20.1. The van der Waals surface area contributed by atoms with Crippen molar-refractivity contribution in [2.24, 2.45) is 4.99 Å². The van der Waals surface area contributed by atoms with E-state index in [4.69, 9.17) is 9.47 Å². The number of esters is 1. The fourth-order valence-corrected chi connectivity index (χ4v) is 4.69. The van der Waals surface area contributed by atoms with Crippen molar-refractivity contribution in [1.29, 1.82) is 0 Å². The van der Waals surface area contributed by atoms with Crippen molar-refractivity contribution < 1.29 is 18.7 Å². The predicted molar refractivity (Wildman–Crippen MR) is 124 cm³/mol. The van der Waals surface area contributed by atoms with E-state index in [0.29, 0.717) is 24.8 Å². The number of aliphatic imine (C=N–C) groups is 1. The van der Waals surface area contributed by atoms with E-state index in [0.717, 1.165) is 53.9 Å². The van der Waals surface area contributed by atoms with E-state index in [1.165, 1.54) is 12.1 Å². The molecule has 170 valence electrons. The highest BCUT2D eigenvalue weighted by molar-refractivity contribution is 9.10. The third-order valence-electron chi connectivity index (χ3n) is 5.35. The predicted octanol–water partition coefficient (Wildman–Crippen LogP) is 3.33. The SMILES string of the molecule is CCOC(=O)C1=C2CN(C3COC3)CCN2C(c2nccs2)=NC1.Fc1cccc(Br)c1. The van der Waals surface area contributed by atoms with E-state index in [2.05, 4.69) is 35.7 Å². The van der Waals surface area contributed by atoms with Crippen LogP contribution >= 0.6 is 27.3 Å². The Morgan fingerprint density at radius 3 is 2.81 bits per heavy atom. The number of amidine groups is 1. The van der Waals surface area contributed by atoms with E-state index in [1.54, 1.807) is 29.7 Å². The van der Waals surface area contributed by atoms with Gasteiger partial charge in [-0.3, -0.25) is 9.89 Å². The molecule has 0 spiro atoms. The summed E-state index contributed by atoms with van der Waals surface area (Å²) in [5.41, 5.74) is 1.67. The minimum absolute atomic E-state index is 0.209. The normalized spacial score (nSPS) is 18.8. The van der Waals surface area contributed by atoms with Crippen molar-refractivity contribution in [1.82, 2.24) is 14.8 Å². The number of piperazine rings is 1. The highest BCUT2D eigenvalue weighted by Crippen LogP contribution is 2.28. The van der Waals surface area contributed by atoms with E-state index in [-0.39, 0.29) is 11.8 Å². The minimum Gasteiger partial charge on any atom is -0.463 e. The molecule has 0 atom stereocenters. The first-order valence-corrected chi connectivity index (χ1v) is 12.1. The quantitative estimate of drug-likeness (QED) is 0.573. The zero-order chi connectivity index (χ0) is 22.5. The number of benzene rings is 1. The number of carbonyl (C=O) groups excluding carboxylic acids is 1. The van der Waals surface area contributed by atoms with Crippen LogP contribution in [0.3, 0.4) is 0 Å². The highest BCUT2D eigenvalue weighted by Gasteiger charge is 2.37. The zero-order valence-electron chi connectivity index (χ0n) is 17.7. The number of thiazole rings is 1. The third kappa shape index (κ3) is 5.25. The fraction of sp³-hybridized carbons (Fsp3) is 0.409. The summed E-state index contributed by atoms with van der Waals surface area (Å²) in [6, 6.07) is 6.71. The van der Waals surface area contributed by atoms with Gasteiger partial charge in [-0.25, -0.2) is 14.2 Å². The van der Waals surface area contributed by atoms with Gasteiger partial charge in [-0.15, -0.1) is 11.3 Å². The van der Waals surface area contributed by atoms with Crippen LogP contribution in [0.1, 0.15) is 11.9 Å². The molecule has 10 heteroatoms. The topological polar surface area (TPSA) is 67.3 Å². The molecule has 1 aromatic carbocycles. The van der Waals surface area contributed by atoms with E-state index < -0.39 is 0 Å². The molecule has 7 nitrogen and oxygen atoms in total. The van der Waals surface area contributed by atoms with Crippen LogP contribution < -0.4 is 0 Å². The number of ether oxygens (including phenoxy) is 2. The van der Waals surface area contributed by atoms with E-state index >= 15 is 0 Å². The molecule has 1 aromatic heterocycles. The Kier molecular flexibility index (Phi) is 7.67. The Balaban J connectivity index is 0.000000260. The van der Waals surface area contributed by atoms with Gasteiger partial charge in [0.15, 0.2) is 10.8 Å². The first-order valence-electron chi connectivity index (χ1n) is 10.4. The number of carbonyl (C=O) groups is 1. The van der Waals surface area contributed by atoms with Crippen LogP contribution in [0.5, 0.6) is 0 Å². The molecule has 3 aliphatic rings. The van der Waals surface area contributed by atoms with Crippen molar-refractivity contribution in [3.63, 3.8) is 0 Å². The molecule has 4 heterocycles. The molecule has 0 radical (unpaired) electrons. The molecule has 2 fully saturated rings. The molecule has 0 unspecified atom stereocenters. The second-order valence-corrected chi connectivity index (χ2v) is 9.19. The molecule has 2 saturated heterocycles. The molecule has 0 bridgehead atoms. The fourth-order valence-electron chi connectivity index (χ4n) is 3.67. The van der Waals surface area contributed by atoms with E-state index in [1.807, 2.05) is 12.3 Å². The molecule has 0 saturated carbocycles. The molecule has 0 amide bonds. The first kappa shape index (κ1) is 23.0. The third-order valence-corrected chi connectivity index (χ3v) is 6.61. The van der Waals surface area contributed by atoms with Gasteiger partial charge in [0.05, 0.1) is 38.0 Å². The summed E-state index contributed by atoms with van der Waals surface area (Å²) in [6.07, 6.45) is 1.79. The number of fused-ring (bicyclic) bond motifs is 1. The summed E-state index contributed by atoms with van der Waals surface area (Å²) < 4.78 is 23.5. The maximum atomic E-state index is 12.4. The van der Waals surface area contributed by atoms with Crippen LogP contribution in [-0.2, 0) is 14.3 Å². The highest BCUT2D eigenvalue weighted by atomic mass is 79.9. The van der Waals surface area contributed by atoms with Gasteiger partial charge in [-0.2, -0.15) is 0 Å². The minimum atomic E-state index is -0.258. The summed E-state index contributed by atoms with van der Waals surface area (Å²) in [5.74, 6) is 0.406. The van der Waals surface area contributed by atoms with Crippen molar-refractivity contribution in [3.05, 3.63) is 62.4 Å². The van der Waals surface area contributed by atoms with Gasteiger partial charge in [0.25, 0.3) is 0 Å². The first-order chi connectivity index (χ1) is 15.6. The maximum Gasteiger partial charge on any atom is 0.337 e. The molecule has 0 N–H and O–H groups in total. The average molecular weight is 523 g/mol. The van der Waals surface area contributed by atoms with Gasteiger partial charge in [0.2, 0.25) is 0 Å². The molecular formula is C22H24BrFN4O3S. The molecular weight excluding hydrogens is 499 g/mol. The Hall–Kier alpha value is -2.14. The number of hydrogen-bond acceptors (Lipinski definition) is 8. The summed E-state index contributed by atoms with van der Waals surface area (Å²) in [6.45, 7) is 6.56. The second kappa shape index (κ2) is 10.7. The largest absolute Gasteiger partial charge is 0.463 e.